The van der Waals surface area contributed by atoms with Gasteiger partial charge in [0.05, 0.1) is 0 Å². The van der Waals surface area contributed by atoms with Crippen LogP contribution in [0, 0.1) is 11.8 Å². The van der Waals surface area contributed by atoms with Crippen molar-refractivity contribution in [2.45, 2.75) is 63.6 Å². The quantitative estimate of drug-likeness (QED) is 0.714. The fourth-order valence-corrected chi connectivity index (χ4v) is 4.34. The van der Waals surface area contributed by atoms with Crippen LogP contribution in [0.5, 0.6) is 0 Å². The van der Waals surface area contributed by atoms with Gasteiger partial charge in [0.1, 0.15) is 0 Å². The van der Waals surface area contributed by atoms with E-state index in [0.717, 1.165) is 23.9 Å². The Morgan fingerprint density at radius 2 is 1.93 bits per heavy atom. The monoisotopic (exact) mass is 208 g/mol. The minimum Gasteiger partial charge on any atom is -0.328 e. The molecule has 1 aliphatic heterocycles. The Balaban J connectivity index is 1.67. The molecular formula is C13H24N2. The van der Waals surface area contributed by atoms with E-state index in [2.05, 4.69) is 11.8 Å². The van der Waals surface area contributed by atoms with E-state index in [0.29, 0.717) is 6.04 Å². The van der Waals surface area contributed by atoms with E-state index in [1.165, 1.54) is 45.1 Å². The minimum absolute atomic E-state index is 0.467. The van der Waals surface area contributed by atoms with Gasteiger partial charge in [0.15, 0.2) is 0 Å². The molecule has 1 saturated heterocycles. The Morgan fingerprint density at radius 1 is 1.07 bits per heavy atom. The molecule has 2 bridgehead atoms. The molecule has 2 aliphatic carbocycles. The van der Waals surface area contributed by atoms with Crippen LogP contribution >= 0.6 is 0 Å². The van der Waals surface area contributed by atoms with Crippen molar-refractivity contribution in [3.63, 3.8) is 0 Å². The molecule has 1 heterocycles. The maximum atomic E-state index is 6.04. The highest BCUT2D eigenvalue weighted by atomic mass is 15.2. The zero-order valence-corrected chi connectivity index (χ0v) is 9.86. The fraction of sp³-hybridized carbons (Fsp3) is 1.00. The first kappa shape index (κ1) is 10.1. The van der Waals surface area contributed by atoms with Gasteiger partial charge in [0.2, 0.25) is 0 Å². The van der Waals surface area contributed by atoms with Crippen LogP contribution in [0.1, 0.15) is 45.4 Å². The molecule has 0 aromatic heterocycles. The van der Waals surface area contributed by atoms with Crippen molar-refractivity contribution in [1.82, 2.24) is 4.90 Å². The fourth-order valence-electron chi connectivity index (χ4n) is 4.34. The van der Waals surface area contributed by atoms with Gasteiger partial charge in [0, 0.05) is 24.7 Å². The third kappa shape index (κ3) is 1.72. The molecular weight excluding hydrogens is 184 g/mol. The lowest BCUT2D eigenvalue weighted by Gasteiger charge is -2.43. The van der Waals surface area contributed by atoms with Gasteiger partial charge in [-0.25, -0.2) is 0 Å². The Bertz CT molecular complexity index is 241. The van der Waals surface area contributed by atoms with Crippen LogP contribution < -0.4 is 5.73 Å². The van der Waals surface area contributed by atoms with Gasteiger partial charge in [-0.2, -0.15) is 0 Å². The molecule has 0 radical (unpaired) electrons. The van der Waals surface area contributed by atoms with E-state index >= 15 is 0 Å². The molecule has 3 fully saturated rings. The van der Waals surface area contributed by atoms with Crippen LogP contribution in [0.3, 0.4) is 0 Å². The van der Waals surface area contributed by atoms with E-state index < -0.39 is 0 Å². The van der Waals surface area contributed by atoms with Gasteiger partial charge in [-0.15, -0.1) is 0 Å². The first-order valence-corrected chi connectivity index (χ1v) is 6.75. The highest BCUT2D eigenvalue weighted by molar-refractivity contribution is 4.98. The Kier molecular flexibility index (Phi) is 2.52. The lowest BCUT2D eigenvalue weighted by atomic mass is 9.89. The number of nitrogens with two attached hydrogens (primary N) is 1. The van der Waals surface area contributed by atoms with Crippen molar-refractivity contribution in [3.05, 3.63) is 0 Å². The number of fused-ring (bicyclic) bond motifs is 2. The van der Waals surface area contributed by atoms with Crippen LogP contribution in [0.4, 0.5) is 0 Å². The van der Waals surface area contributed by atoms with Gasteiger partial charge in [-0.05, 0) is 50.9 Å². The predicted octanol–water partition coefficient (Wildman–Crippen LogP) is 1.99. The molecule has 2 nitrogen and oxygen atoms in total. The van der Waals surface area contributed by atoms with Crippen molar-refractivity contribution >= 4 is 0 Å². The van der Waals surface area contributed by atoms with E-state index in [1.54, 1.807) is 0 Å². The largest absolute Gasteiger partial charge is 0.328 e. The van der Waals surface area contributed by atoms with Crippen LogP contribution in [-0.2, 0) is 0 Å². The number of likely N-dealkylation sites (tertiary alicyclic amines) is 1. The van der Waals surface area contributed by atoms with Crippen molar-refractivity contribution < 1.29 is 0 Å². The summed E-state index contributed by atoms with van der Waals surface area (Å²) in [5.74, 6) is 2.11. The molecule has 0 aromatic carbocycles. The zero-order valence-electron chi connectivity index (χ0n) is 9.86. The van der Waals surface area contributed by atoms with Crippen LogP contribution in [0.15, 0.2) is 0 Å². The van der Waals surface area contributed by atoms with Gasteiger partial charge in [0.25, 0.3) is 0 Å². The molecule has 86 valence electrons. The smallest absolute Gasteiger partial charge is 0.0129 e. The molecule has 3 aliphatic rings. The molecule has 3 rings (SSSR count). The van der Waals surface area contributed by atoms with Gasteiger partial charge in [-0.3, -0.25) is 4.90 Å². The number of hydrogen-bond acceptors (Lipinski definition) is 2. The Hall–Kier alpha value is -0.0800. The number of hydrogen-bond donors (Lipinski definition) is 1. The van der Waals surface area contributed by atoms with E-state index in [-0.39, 0.29) is 0 Å². The maximum absolute atomic E-state index is 6.04. The normalized spacial score (nSPS) is 51.2. The molecule has 2 heteroatoms. The molecule has 0 spiro atoms. The molecule has 2 N–H and O–H groups in total. The third-order valence-electron chi connectivity index (χ3n) is 5.09. The third-order valence-corrected chi connectivity index (χ3v) is 5.09. The summed E-state index contributed by atoms with van der Waals surface area (Å²) in [6, 6.07) is 2.12. The predicted molar refractivity (Wildman–Crippen MR) is 62.6 cm³/mol. The van der Waals surface area contributed by atoms with Gasteiger partial charge < -0.3 is 5.73 Å². The summed E-state index contributed by atoms with van der Waals surface area (Å²) in [4.78, 5) is 2.78. The van der Waals surface area contributed by atoms with Crippen LogP contribution in [0.2, 0.25) is 0 Å². The summed E-state index contributed by atoms with van der Waals surface area (Å²) >= 11 is 0. The number of nitrogens with zero attached hydrogens (tertiary/aromatic N) is 1. The summed E-state index contributed by atoms with van der Waals surface area (Å²) in [6.45, 7) is 3.64. The highest BCUT2D eigenvalue weighted by Crippen LogP contribution is 2.47. The van der Waals surface area contributed by atoms with Crippen LogP contribution in [0.25, 0.3) is 0 Å². The van der Waals surface area contributed by atoms with Crippen LogP contribution in [-0.4, -0.2) is 29.6 Å². The van der Waals surface area contributed by atoms with Gasteiger partial charge >= 0.3 is 0 Å². The second-order valence-corrected chi connectivity index (χ2v) is 6.11. The number of piperidine rings is 1. The Labute approximate surface area is 93.2 Å². The molecule has 2 saturated carbocycles. The highest BCUT2D eigenvalue weighted by Gasteiger charge is 2.44. The van der Waals surface area contributed by atoms with Gasteiger partial charge in [-0.1, -0.05) is 6.42 Å². The second-order valence-electron chi connectivity index (χ2n) is 6.11. The molecule has 0 amide bonds. The summed E-state index contributed by atoms with van der Waals surface area (Å²) in [5, 5.41) is 0. The molecule has 5 unspecified atom stereocenters. The standard InChI is InChI=1S/C13H24N2/c1-9-6-12(14)4-5-15(9)13-8-10-2-3-11(13)7-10/h9-13H,2-8,14H2,1H3. The maximum Gasteiger partial charge on any atom is 0.0129 e. The van der Waals surface area contributed by atoms with E-state index in [9.17, 15) is 0 Å². The SMILES string of the molecule is CC1CC(N)CCN1C1CC2CCC1C2. The number of rotatable bonds is 1. The van der Waals surface area contributed by atoms with Crippen molar-refractivity contribution in [2.24, 2.45) is 17.6 Å². The second kappa shape index (κ2) is 3.74. The molecule has 15 heavy (non-hydrogen) atoms. The lowest BCUT2D eigenvalue weighted by molar-refractivity contribution is 0.0649. The summed E-state index contributed by atoms with van der Waals surface area (Å²) in [7, 11) is 0. The molecule has 5 atom stereocenters. The summed E-state index contributed by atoms with van der Waals surface area (Å²) < 4.78 is 0. The van der Waals surface area contributed by atoms with Crippen molar-refractivity contribution in [3.8, 4) is 0 Å². The minimum atomic E-state index is 0.467. The van der Waals surface area contributed by atoms with E-state index in [4.69, 9.17) is 5.73 Å². The average molecular weight is 208 g/mol. The van der Waals surface area contributed by atoms with E-state index in [1.807, 2.05) is 0 Å². The van der Waals surface area contributed by atoms with Crippen molar-refractivity contribution in [2.75, 3.05) is 6.54 Å². The average Bonchev–Trinajstić information content (AvgIpc) is 2.78. The first-order valence-electron chi connectivity index (χ1n) is 6.75. The zero-order chi connectivity index (χ0) is 10.4. The lowest BCUT2D eigenvalue weighted by Crippen LogP contribution is -2.51. The summed E-state index contributed by atoms with van der Waals surface area (Å²) in [6.07, 6.45) is 8.48. The molecule has 0 aromatic rings. The Morgan fingerprint density at radius 3 is 2.53 bits per heavy atom. The van der Waals surface area contributed by atoms with Crippen molar-refractivity contribution in [1.29, 1.82) is 0 Å². The first-order chi connectivity index (χ1) is 7.24. The summed E-state index contributed by atoms with van der Waals surface area (Å²) in [5.41, 5.74) is 6.04. The topological polar surface area (TPSA) is 29.3 Å².